The van der Waals surface area contributed by atoms with E-state index in [4.69, 9.17) is 19.9 Å². The predicted molar refractivity (Wildman–Crippen MR) is 129 cm³/mol. The number of rotatable bonds is 8. The first-order chi connectivity index (χ1) is 17.5. The van der Waals surface area contributed by atoms with Gasteiger partial charge in [0.25, 0.3) is 0 Å². The van der Waals surface area contributed by atoms with Crippen LogP contribution in [0, 0.1) is 11.7 Å². The lowest BCUT2D eigenvalue weighted by atomic mass is 9.91. The molecule has 5 rings (SSSR count). The van der Waals surface area contributed by atoms with E-state index in [0.29, 0.717) is 73.2 Å². The number of nitrogens with one attached hydrogen (secondary N) is 1. The van der Waals surface area contributed by atoms with Gasteiger partial charge in [0.2, 0.25) is 11.8 Å². The van der Waals surface area contributed by atoms with Gasteiger partial charge in [-0.3, -0.25) is 14.8 Å². The number of pyridine rings is 3. The minimum Gasteiger partial charge on any atom is -0.486 e. The Morgan fingerprint density at radius 1 is 1.25 bits per heavy atom. The van der Waals surface area contributed by atoms with Gasteiger partial charge in [-0.1, -0.05) is 0 Å². The molecule has 190 valence electrons. The summed E-state index contributed by atoms with van der Waals surface area (Å²) in [5.41, 5.74) is 8.15. The molecule has 3 N–H and O–H groups in total. The van der Waals surface area contributed by atoms with Gasteiger partial charge in [0.1, 0.15) is 19.0 Å². The molecule has 0 aliphatic carbocycles. The second-order valence-electron chi connectivity index (χ2n) is 8.96. The Hall–Kier alpha value is -3.57. The van der Waals surface area contributed by atoms with Crippen LogP contribution in [-0.4, -0.2) is 71.8 Å². The molecular formula is C25H29FN6O4. The number of hydrogen-bond donors (Lipinski definition) is 2. The van der Waals surface area contributed by atoms with Crippen molar-refractivity contribution in [2.75, 3.05) is 40.0 Å². The Morgan fingerprint density at radius 3 is 2.89 bits per heavy atom. The minimum absolute atomic E-state index is 0.0850. The number of nitrogens with two attached hydrogens (primary N) is 1. The van der Waals surface area contributed by atoms with E-state index >= 15 is 0 Å². The lowest BCUT2D eigenvalue weighted by molar-refractivity contribution is -0.124. The van der Waals surface area contributed by atoms with E-state index < -0.39 is 5.82 Å². The summed E-state index contributed by atoms with van der Waals surface area (Å²) in [6.07, 6.45) is 4.03. The molecule has 1 saturated heterocycles. The number of carbonyl (C=O) groups excluding carboxylic acids is 1. The number of likely N-dealkylation sites (tertiary alicyclic amines) is 1. The zero-order valence-corrected chi connectivity index (χ0v) is 20.1. The lowest BCUT2D eigenvalue weighted by Gasteiger charge is -2.37. The van der Waals surface area contributed by atoms with E-state index in [2.05, 4.69) is 25.2 Å². The van der Waals surface area contributed by atoms with Crippen molar-refractivity contribution in [3.8, 4) is 17.4 Å². The molecule has 2 aliphatic rings. The first-order valence-electron chi connectivity index (χ1n) is 12.0. The number of methoxy groups -OCH3 is 1. The number of fused-ring (bicyclic) bond motifs is 2. The number of aromatic nitrogens is 3. The Bertz CT molecular complexity index is 1260. The first kappa shape index (κ1) is 24.1. The number of halogens is 1. The van der Waals surface area contributed by atoms with Gasteiger partial charge in [-0.25, -0.2) is 9.37 Å². The molecule has 0 aromatic carbocycles. The van der Waals surface area contributed by atoms with E-state index in [1.54, 1.807) is 18.3 Å². The fraction of sp³-hybridized carbons (Fsp3) is 0.440. The summed E-state index contributed by atoms with van der Waals surface area (Å²) in [4.78, 5) is 27.4. The average Bonchev–Trinajstić information content (AvgIpc) is 2.91. The van der Waals surface area contributed by atoms with Crippen LogP contribution >= 0.6 is 0 Å². The maximum atomic E-state index is 14.7. The molecule has 10 nitrogen and oxygen atoms in total. The van der Waals surface area contributed by atoms with Crippen molar-refractivity contribution in [3.63, 3.8) is 0 Å². The Balaban J connectivity index is 1.22. The fourth-order valence-electron chi connectivity index (χ4n) is 4.78. The Morgan fingerprint density at radius 2 is 2.08 bits per heavy atom. The van der Waals surface area contributed by atoms with Crippen LogP contribution in [0.25, 0.3) is 11.0 Å². The van der Waals surface area contributed by atoms with Crippen molar-refractivity contribution in [1.82, 2.24) is 25.2 Å². The van der Waals surface area contributed by atoms with Crippen LogP contribution in [0.2, 0.25) is 0 Å². The van der Waals surface area contributed by atoms with Gasteiger partial charge in [-0.15, -0.1) is 0 Å². The molecule has 2 aliphatic heterocycles. The van der Waals surface area contributed by atoms with E-state index in [1.807, 2.05) is 6.07 Å². The summed E-state index contributed by atoms with van der Waals surface area (Å²) in [5.74, 6) is 0.577. The maximum absolute atomic E-state index is 14.7. The van der Waals surface area contributed by atoms with E-state index in [0.717, 1.165) is 18.7 Å². The van der Waals surface area contributed by atoms with Crippen LogP contribution in [0.15, 0.2) is 30.6 Å². The molecular weight excluding hydrogens is 467 g/mol. The molecule has 5 heterocycles. The average molecular weight is 497 g/mol. The highest BCUT2D eigenvalue weighted by molar-refractivity contribution is 5.79. The van der Waals surface area contributed by atoms with Gasteiger partial charge in [0.15, 0.2) is 11.5 Å². The number of nitrogens with zero attached hydrogens (tertiary/aromatic N) is 4. The SMILES string of the molecule is COc1ccc2ncc(F)c(CCN3CCC(NCc4cc5c(cn4)OCCO5)C(C(N)=O)C3)c2n1. The maximum Gasteiger partial charge on any atom is 0.223 e. The minimum atomic E-state index is -0.404. The lowest BCUT2D eigenvalue weighted by Crippen LogP contribution is -2.54. The molecule has 0 radical (unpaired) electrons. The number of primary amides is 1. The topological polar surface area (TPSA) is 125 Å². The molecule has 1 fully saturated rings. The molecule has 11 heteroatoms. The standard InChI is InChI=1S/C25H29FN6O4/c1-34-23-3-2-20-24(31-23)16(18(26)12-30-20)4-6-32-7-5-19(17(14-32)25(27)33)29-11-15-10-21-22(13-28-15)36-9-8-35-21/h2-3,10,12-13,17,19,29H,4-9,11,14H2,1H3,(H2,27,33). The molecule has 2 unspecified atom stereocenters. The number of piperidine rings is 1. The van der Waals surface area contributed by atoms with Crippen molar-refractivity contribution in [2.24, 2.45) is 11.7 Å². The summed E-state index contributed by atoms with van der Waals surface area (Å²) >= 11 is 0. The van der Waals surface area contributed by atoms with Gasteiger partial charge in [0, 0.05) is 43.4 Å². The van der Waals surface area contributed by atoms with E-state index in [1.165, 1.54) is 13.3 Å². The summed E-state index contributed by atoms with van der Waals surface area (Å²) in [6, 6.07) is 5.23. The third-order valence-electron chi connectivity index (χ3n) is 6.72. The molecule has 0 spiro atoms. The third-order valence-corrected chi connectivity index (χ3v) is 6.72. The molecule has 0 bridgehead atoms. The second-order valence-corrected chi connectivity index (χ2v) is 8.96. The molecule has 1 amide bonds. The fourth-order valence-corrected chi connectivity index (χ4v) is 4.78. The highest BCUT2D eigenvalue weighted by atomic mass is 19.1. The van der Waals surface area contributed by atoms with E-state index in [-0.39, 0.29) is 17.9 Å². The number of amides is 1. The first-order valence-corrected chi connectivity index (χ1v) is 12.0. The zero-order valence-electron chi connectivity index (χ0n) is 20.1. The summed E-state index contributed by atoms with van der Waals surface area (Å²) < 4.78 is 31.0. The largest absolute Gasteiger partial charge is 0.486 e. The van der Waals surface area contributed by atoms with Gasteiger partial charge in [-0.2, -0.15) is 0 Å². The van der Waals surface area contributed by atoms with Crippen molar-refractivity contribution in [1.29, 1.82) is 0 Å². The van der Waals surface area contributed by atoms with Crippen LogP contribution in [-0.2, 0) is 17.8 Å². The monoisotopic (exact) mass is 496 g/mol. The van der Waals surface area contributed by atoms with E-state index in [9.17, 15) is 9.18 Å². The molecule has 2 atom stereocenters. The molecule has 3 aromatic rings. The summed E-state index contributed by atoms with van der Waals surface area (Å²) in [7, 11) is 1.52. The van der Waals surface area contributed by atoms with Crippen molar-refractivity contribution >= 4 is 16.9 Å². The predicted octanol–water partition coefficient (Wildman–Crippen LogP) is 1.45. The summed E-state index contributed by atoms with van der Waals surface area (Å²) in [5, 5.41) is 3.44. The number of carbonyl (C=O) groups is 1. The quantitative estimate of drug-likeness (QED) is 0.477. The Labute approximate surface area is 208 Å². The van der Waals surface area contributed by atoms with Crippen molar-refractivity contribution < 1.29 is 23.4 Å². The van der Waals surface area contributed by atoms with Gasteiger partial charge in [-0.05, 0) is 25.5 Å². The van der Waals surface area contributed by atoms with Crippen molar-refractivity contribution in [2.45, 2.75) is 25.4 Å². The highest BCUT2D eigenvalue weighted by Crippen LogP contribution is 2.29. The van der Waals surface area contributed by atoms with Crippen LogP contribution in [0.5, 0.6) is 17.4 Å². The molecule has 36 heavy (non-hydrogen) atoms. The highest BCUT2D eigenvalue weighted by Gasteiger charge is 2.33. The second kappa shape index (κ2) is 10.6. The van der Waals surface area contributed by atoms with Crippen LogP contribution in [0.4, 0.5) is 4.39 Å². The summed E-state index contributed by atoms with van der Waals surface area (Å²) in [6.45, 7) is 3.30. The zero-order chi connectivity index (χ0) is 25.1. The number of hydrogen-bond acceptors (Lipinski definition) is 9. The number of ether oxygens (including phenoxy) is 3. The van der Waals surface area contributed by atoms with Crippen LogP contribution < -0.4 is 25.3 Å². The van der Waals surface area contributed by atoms with Crippen LogP contribution in [0.3, 0.4) is 0 Å². The van der Waals surface area contributed by atoms with Crippen LogP contribution in [0.1, 0.15) is 17.7 Å². The van der Waals surface area contributed by atoms with Gasteiger partial charge >= 0.3 is 0 Å². The molecule has 3 aromatic heterocycles. The van der Waals surface area contributed by atoms with Gasteiger partial charge in [0.05, 0.1) is 42.1 Å². The molecule has 0 saturated carbocycles. The normalized spacial score (nSPS) is 19.8. The smallest absolute Gasteiger partial charge is 0.223 e. The van der Waals surface area contributed by atoms with Crippen molar-refractivity contribution in [3.05, 3.63) is 47.7 Å². The van der Waals surface area contributed by atoms with Gasteiger partial charge < -0.3 is 30.2 Å². The third kappa shape index (κ3) is 5.17. The Kier molecular flexibility index (Phi) is 7.10.